The standard InChI is InChI=1S/C26H28N4O4S/c31-25(29-21-11-8-12-22(17-21)35(33,34)30-15-6-7-16-30)19-27-24-14-5-4-13-23(24)26(32)28-18-20-9-2-1-3-10-20/h1-5,8-14,17,27H,6-7,15-16,18-19H2,(H,28,32)(H,29,31). The van der Waals surface area contributed by atoms with Crippen molar-refractivity contribution in [1.82, 2.24) is 9.62 Å². The summed E-state index contributed by atoms with van der Waals surface area (Å²) in [5, 5.41) is 8.61. The number of nitrogens with one attached hydrogen (secondary N) is 3. The highest BCUT2D eigenvalue weighted by atomic mass is 32.2. The van der Waals surface area contributed by atoms with Gasteiger partial charge >= 0.3 is 0 Å². The third-order valence-electron chi connectivity index (χ3n) is 5.73. The van der Waals surface area contributed by atoms with Crippen LogP contribution in [-0.4, -0.2) is 44.2 Å². The fourth-order valence-corrected chi connectivity index (χ4v) is 5.46. The van der Waals surface area contributed by atoms with E-state index >= 15 is 0 Å². The number of carbonyl (C=O) groups excluding carboxylic acids is 2. The van der Waals surface area contributed by atoms with Gasteiger partial charge in [-0.05, 0) is 48.7 Å². The first kappa shape index (κ1) is 24.4. The molecule has 1 heterocycles. The largest absolute Gasteiger partial charge is 0.376 e. The van der Waals surface area contributed by atoms with E-state index in [1.54, 1.807) is 36.4 Å². The average Bonchev–Trinajstić information content (AvgIpc) is 3.43. The van der Waals surface area contributed by atoms with Crippen molar-refractivity contribution in [2.45, 2.75) is 24.3 Å². The first-order valence-electron chi connectivity index (χ1n) is 11.5. The fraction of sp³-hybridized carbons (Fsp3) is 0.231. The Balaban J connectivity index is 1.36. The molecule has 1 fully saturated rings. The molecule has 182 valence electrons. The molecule has 0 atom stereocenters. The molecule has 3 aromatic rings. The highest BCUT2D eigenvalue weighted by Gasteiger charge is 2.27. The lowest BCUT2D eigenvalue weighted by Gasteiger charge is -2.16. The number of amides is 2. The molecule has 0 aromatic heterocycles. The second kappa shape index (κ2) is 11.2. The van der Waals surface area contributed by atoms with Gasteiger partial charge in [0.2, 0.25) is 15.9 Å². The van der Waals surface area contributed by atoms with Gasteiger partial charge in [-0.15, -0.1) is 0 Å². The van der Waals surface area contributed by atoms with E-state index < -0.39 is 10.0 Å². The average molecular weight is 493 g/mol. The summed E-state index contributed by atoms with van der Waals surface area (Å²) >= 11 is 0. The Hall–Kier alpha value is -3.69. The Labute approximate surface area is 205 Å². The van der Waals surface area contributed by atoms with E-state index in [-0.39, 0.29) is 23.3 Å². The molecule has 4 rings (SSSR count). The van der Waals surface area contributed by atoms with Crippen LogP contribution in [0.25, 0.3) is 0 Å². The molecule has 1 aliphatic heterocycles. The zero-order valence-corrected chi connectivity index (χ0v) is 20.1. The number of anilines is 2. The summed E-state index contributed by atoms with van der Waals surface area (Å²) in [7, 11) is -3.57. The highest BCUT2D eigenvalue weighted by Crippen LogP contribution is 2.23. The van der Waals surface area contributed by atoms with Crippen LogP contribution >= 0.6 is 0 Å². The van der Waals surface area contributed by atoms with Crippen molar-refractivity contribution in [3.8, 4) is 0 Å². The summed E-state index contributed by atoms with van der Waals surface area (Å²) in [6.45, 7) is 1.33. The predicted octanol–water partition coefficient (Wildman–Crippen LogP) is 3.45. The Kier molecular flexibility index (Phi) is 7.79. The number of hydrogen-bond acceptors (Lipinski definition) is 5. The molecule has 35 heavy (non-hydrogen) atoms. The zero-order chi connectivity index (χ0) is 24.7. The number of nitrogens with zero attached hydrogens (tertiary/aromatic N) is 1. The molecule has 0 aliphatic carbocycles. The Bertz CT molecular complexity index is 1290. The SMILES string of the molecule is O=C(CNc1ccccc1C(=O)NCc1ccccc1)Nc1cccc(S(=O)(=O)N2CCCC2)c1. The van der Waals surface area contributed by atoms with Crippen LogP contribution in [0.15, 0.2) is 83.8 Å². The van der Waals surface area contributed by atoms with E-state index in [1.807, 2.05) is 30.3 Å². The van der Waals surface area contributed by atoms with E-state index in [2.05, 4.69) is 16.0 Å². The Morgan fingerprint density at radius 1 is 0.857 bits per heavy atom. The minimum atomic E-state index is -3.57. The summed E-state index contributed by atoms with van der Waals surface area (Å²) in [6.07, 6.45) is 1.71. The molecule has 3 N–H and O–H groups in total. The quantitative estimate of drug-likeness (QED) is 0.424. The molecule has 3 aromatic carbocycles. The summed E-state index contributed by atoms with van der Waals surface area (Å²) in [4.78, 5) is 25.4. The summed E-state index contributed by atoms with van der Waals surface area (Å²) in [6, 6.07) is 22.8. The first-order chi connectivity index (χ1) is 16.9. The lowest BCUT2D eigenvalue weighted by atomic mass is 10.1. The van der Waals surface area contributed by atoms with Gasteiger partial charge in [0.05, 0.1) is 17.0 Å². The van der Waals surface area contributed by atoms with Crippen molar-refractivity contribution in [3.63, 3.8) is 0 Å². The minimum absolute atomic E-state index is 0.0912. The molecule has 0 saturated carbocycles. The van der Waals surface area contributed by atoms with Crippen LogP contribution in [0.1, 0.15) is 28.8 Å². The molecule has 0 radical (unpaired) electrons. The van der Waals surface area contributed by atoms with Crippen LogP contribution in [-0.2, 0) is 21.4 Å². The van der Waals surface area contributed by atoms with E-state index in [0.717, 1.165) is 18.4 Å². The summed E-state index contributed by atoms with van der Waals surface area (Å²) in [5.74, 6) is -0.614. The minimum Gasteiger partial charge on any atom is -0.376 e. The van der Waals surface area contributed by atoms with E-state index in [9.17, 15) is 18.0 Å². The van der Waals surface area contributed by atoms with Gasteiger partial charge in [0, 0.05) is 31.0 Å². The molecule has 1 saturated heterocycles. The van der Waals surface area contributed by atoms with Crippen LogP contribution in [0.2, 0.25) is 0 Å². The van der Waals surface area contributed by atoms with Gasteiger partial charge in [0.15, 0.2) is 0 Å². The van der Waals surface area contributed by atoms with E-state index in [1.165, 1.54) is 16.4 Å². The van der Waals surface area contributed by atoms with Gasteiger partial charge in [-0.1, -0.05) is 48.5 Å². The van der Waals surface area contributed by atoms with E-state index in [0.29, 0.717) is 36.6 Å². The van der Waals surface area contributed by atoms with Crippen LogP contribution < -0.4 is 16.0 Å². The molecule has 0 spiro atoms. The molecule has 8 nitrogen and oxygen atoms in total. The van der Waals surface area contributed by atoms with Gasteiger partial charge in [0.1, 0.15) is 0 Å². The zero-order valence-electron chi connectivity index (χ0n) is 19.2. The third-order valence-corrected chi connectivity index (χ3v) is 7.62. The first-order valence-corrected chi connectivity index (χ1v) is 12.9. The Morgan fingerprint density at radius 2 is 1.57 bits per heavy atom. The predicted molar refractivity (Wildman–Crippen MR) is 136 cm³/mol. The Morgan fingerprint density at radius 3 is 2.34 bits per heavy atom. The number of sulfonamides is 1. The molecular formula is C26H28N4O4S. The number of hydrogen-bond donors (Lipinski definition) is 3. The van der Waals surface area contributed by atoms with Crippen LogP contribution in [0.3, 0.4) is 0 Å². The van der Waals surface area contributed by atoms with Crippen molar-refractivity contribution >= 4 is 33.2 Å². The monoisotopic (exact) mass is 492 g/mol. The van der Waals surface area contributed by atoms with Gasteiger partial charge in [-0.25, -0.2) is 8.42 Å². The third kappa shape index (κ3) is 6.26. The number of carbonyl (C=O) groups is 2. The maximum Gasteiger partial charge on any atom is 0.253 e. The topological polar surface area (TPSA) is 108 Å². The lowest BCUT2D eigenvalue weighted by Crippen LogP contribution is -2.28. The van der Waals surface area contributed by atoms with Gasteiger partial charge < -0.3 is 16.0 Å². The number of benzene rings is 3. The fourth-order valence-electron chi connectivity index (χ4n) is 3.90. The van der Waals surface area contributed by atoms with E-state index in [4.69, 9.17) is 0 Å². The summed E-state index contributed by atoms with van der Waals surface area (Å²) < 4.78 is 27.1. The summed E-state index contributed by atoms with van der Waals surface area (Å²) in [5.41, 5.74) is 2.33. The molecule has 2 amide bonds. The van der Waals surface area contributed by atoms with Gasteiger partial charge in [0.25, 0.3) is 5.91 Å². The molecular weight excluding hydrogens is 464 g/mol. The van der Waals surface area contributed by atoms with Crippen molar-refractivity contribution in [3.05, 3.63) is 90.0 Å². The second-order valence-electron chi connectivity index (χ2n) is 8.25. The van der Waals surface area contributed by atoms with Gasteiger partial charge in [-0.3, -0.25) is 9.59 Å². The van der Waals surface area contributed by atoms with Crippen molar-refractivity contribution in [2.75, 3.05) is 30.3 Å². The van der Waals surface area contributed by atoms with Gasteiger partial charge in [-0.2, -0.15) is 4.31 Å². The van der Waals surface area contributed by atoms with Crippen LogP contribution in [0.5, 0.6) is 0 Å². The molecule has 0 bridgehead atoms. The van der Waals surface area contributed by atoms with Crippen molar-refractivity contribution in [2.24, 2.45) is 0 Å². The second-order valence-corrected chi connectivity index (χ2v) is 10.2. The molecule has 1 aliphatic rings. The van der Waals surface area contributed by atoms with Crippen molar-refractivity contribution < 1.29 is 18.0 Å². The van der Waals surface area contributed by atoms with Crippen LogP contribution in [0, 0.1) is 0 Å². The lowest BCUT2D eigenvalue weighted by molar-refractivity contribution is -0.114. The highest BCUT2D eigenvalue weighted by molar-refractivity contribution is 7.89. The van der Waals surface area contributed by atoms with Crippen LogP contribution in [0.4, 0.5) is 11.4 Å². The number of rotatable bonds is 9. The molecule has 0 unspecified atom stereocenters. The maximum atomic E-state index is 12.8. The maximum absolute atomic E-state index is 12.8. The normalized spacial score (nSPS) is 13.8. The number of para-hydroxylation sites is 1. The van der Waals surface area contributed by atoms with Crippen molar-refractivity contribution in [1.29, 1.82) is 0 Å². The smallest absolute Gasteiger partial charge is 0.253 e. The molecule has 9 heteroatoms.